The van der Waals surface area contributed by atoms with E-state index < -0.39 is 32.9 Å². The third kappa shape index (κ3) is 3.94. The molecule has 2 rings (SSSR count). The highest BCUT2D eigenvalue weighted by atomic mass is 19.1. The number of nitrogens with zero attached hydrogens (tertiary/aromatic N) is 3. The monoisotopic (exact) mass is 332 g/mol. The lowest BCUT2D eigenvalue weighted by Crippen LogP contribution is -2.18. The SMILES string of the molecule is O=C(N/N=C\c1ccccc1F)c1cc([N+](=O)[O-])cc([N+](=O)[O-])c1. The summed E-state index contributed by atoms with van der Waals surface area (Å²) in [5.74, 6) is -1.46. The van der Waals surface area contributed by atoms with Crippen molar-refractivity contribution < 1.29 is 19.0 Å². The summed E-state index contributed by atoms with van der Waals surface area (Å²) in [5, 5.41) is 25.1. The van der Waals surface area contributed by atoms with Crippen molar-refractivity contribution in [1.82, 2.24) is 5.43 Å². The quantitative estimate of drug-likeness (QED) is 0.511. The first-order chi connectivity index (χ1) is 11.4. The Kier molecular flexibility index (Phi) is 4.90. The summed E-state index contributed by atoms with van der Waals surface area (Å²) in [7, 11) is 0. The summed E-state index contributed by atoms with van der Waals surface area (Å²) < 4.78 is 13.4. The van der Waals surface area contributed by atoms with Crippen LogP contribution in [0.4, 0.5) is 15.8 Å². The smallest absolute Gasteiger partial charge is 0.267 e. The molecule has 0 aliphatic carbocycles. The molecule has 1 amide bonds. The number of hydrazone groups is 1. The van der Waals surface area contributed by atoms with Crippen LogP contribution >= 0.6 is 0 Å². The average Bonchev–Trinajstić information content (AvgIpc) is 2.56. The van der Waals surface area contributed by atoms with Gasteiger partial charge in [-0.25, -0.2) is 9.82 Å². The number of hydrogen-bond acceptors (Lipinski definition) is 6. The van der Waals surface area contributed by atoms with Crippen LogP contribution < -0.4 is 5.43 Å². The second kappa shape index (κ2) is 7.05. The van der Waals surface area contributed by atoms with E-state index in [0.717, 1.165) is 24.4 Å². The van der Waals surface area contributed by atoms with Crippen molar-refractivity contribution in [2.45, 2.75) is 0 Å². The van der Waals surface area contributed by atoms with Gasteiger partial charge in [0, 0.05) is 17.7 Å². The number of benzene rings is 2. The number of halogens is 1. The largest absolute Gasteiger partial charge is 0.277 e. The lowest BCUT2D eigenvalue weighted by atomic mass is 10.1. The van der Waals surface area contributed by atoms with Gasteiger partial charge in [-0.15, -0.1) is 0 Å². The predicted molar refractivity (Wildman–Crippen MR) is 81.2 cm³/mol. The molecule has 0 radical (unpaired) electrons. The molecule has 2 aromatic carbocycles. The van der Waals surface area contributed by atoms with E-state index in [2.05, 4.69) is 5.10 Å². The topological polar surface area (TPSA) is 128 Å². The molecule has 0 saturated heterocycles. The molecule has 10 heteroatoms. The molecule has 9 nitrogen and oxygen atoms in total. The number of carbonyl (C=O) groups excluding carboxylic acids is 1. The number of nitro benzene ring substituents is 2. The number of nitro groups is 2. The maximum Gasteiger partial charge on any atom is 0.277 e. The Balaban J connectivity index is 2.22. The van der Waals surface area contributed by atoms with E-state index in [4.69, 9.17) is 0 Å². The minimum absolute atomic E-state index is 0.114. The van der Waals surface area contributed by atoms with Crippen LogP contribution in [-0.4, -0.2) is 22.0 Å². The van der Waals surface area contributed by atoms with Gasteiger partial charge in [0.25, 0.3) is 17.3 Å². The number of hydrogen-bond donors (Lipinski definition) is 1. The van der Waals surface area contributed by atoms with Gasteiger partial charge in [-0.1, -0.05) is 18.2 Å². The van der Waals surface area contributed by atoms with Gasteiger partial charge in [-0.05, 0) is 6.07 Å². The zero-order valence-electron chi connectivity index (χ0n) is 11.9. The Morgan fingerprint density at radius 2 is 1.67 bits per heavy atom. The summed E-state index contributed by atoms with van der Waals surface area (Å²) in [5.41, 5.74) is 0.613. The maximum atomic E-state index is 13.4. The molecule has 2 aromatic rings. The van der Waals surface area contributed by atoms with Gasteiger partial charge in [-0.2, -0.15) is 5.10 Å². The van der Waals surface area contributed by atoms with Crippen LogP contribution in [0.2, 0.25) is 0 Å². The van der Waals surface area contributed by atoms with E-state index >= 15 is 0 Å². The van der Waals surface area contributed by atoms with Gasteiger partial charge in [0.2, 0.25) is 0 Å². The fraction of sp³-hybridized carbons (Fsp3) is 0. The van der Waals surface area contributed by atoms with E-state index in [9.17, 15) is 29.4 Å². The average molecular weight is 332 g/mol. The lowest BCUT2D eigenvalue weighted by Gasteiger charge is -2.01. The normalized spacial score (nSPS) is 10.5. The maximum absolute atomic E-state index is 13.4. The van der Waals surface area contributed by atoms with Crippen LogP contribution in [0.3, 0.4) is 0 Å². The fourth-order valence-corrected chi connectivity index (χ4v) is 1.74. The molecule has 0 saturated carbocycles. The van der Waals surface area contributed by atoms with Gasteiger partial charge in [0.05, 0.1) is 27.7 Å². The number of nitrogens with one attached hydrogen (secondary N) is 1. The molecule has 1 N–H and O–H groups in total. The molecule has 0 fully saturated rings. The summed E-state index contributed by atoms with van der Waals surface area (Å²) in [6.45, 7) is 0. The van der Waals surface area contributed by atoms with Gasteiger partial charge in [-0.3, -0.25) is 25.0 Å². The van der Waals surface area contributed by atoms with Crippen LogP contribution in [-0.2, 0) is 0 Å². The van der Waals surface area contributed by atoms with Crippen molar-refractivity contribution in [2.24, 2.45) is 5.10 Å². The van der Waals surface area contributed by atoms with Crippen molar-refractivity contribution in [3.63, 3.8) is 0 Å². The van der Waals surface area contributed by atoms with Gasteiger partial charge in [0.15, 0.2) is 0 Å². The van der Waals surface area contributed by atoms with E-state index in [1.165, 1.54) is 18.2 Å². The second-order valence-electron chi connectivity index (χ2n) is 4.47. The van der Waals surface area contributed by atoms with Crippen LogP contribution in [0.5, 0.6) is 0 Å². The predicted octanol–water partition coefficient (Wildman–Crippen LogP) is 2.41. The molecule has 24 heavy (non-hydrogen) atoms. The molecule has 0 atom stereocenters. The minimum atomic E-state index is -0.908. The Morgan fingerprint density at radius 1 is 1.08 bits per heavy atom. The summed E-state index contributed by atoms with van der Waals surface area (Å²) in [4.78, 5) is 31.7. The van der Waals surface area contributed by atoms with Crippen LogP contribution in [0.1, 0.15) is 15.9 Å². The number of carbonyl (C=O) groups is 1. The van der Waals surface area contributed by atoms with Crippen molar-refractivity contribution >= 4 is 23.5 Å². The zero-order chi connectivity index (χ0) is 17.7. The molecule has 0 heterocycles. The lowest BCUT2D eigenvalue weighted by molar-refractivity contribution is -0.394. The first-order valence-electron chi connectivity index (χ1n) is 6.40. The molecule has 0 aliphatic heterocycles. The van der Waals surface area contributed by atoms with Crippen molar-refractivity contribution in [3.8, 4) is 0 Å². The fourth-order valence-electron chi connectivity index (χ4n) is 1.74. The summed E-state index contributed by atoms with van der Waals surface area (Å²) in [6.07, 6.45) is 1.04. The molecule has 0 bridgehead atoms. The van der Waals surface area contributed by atoms with Crippen molar-refractivity contribution in [1.29, 1.82) is 0 Å². The number of non-ortho nitro benzene ring substituents is 2. The third-order valence-corrected chi connectivity index (χ3v) is 2.86. The summed E-state index contributed by atoms with van der Waals surface area (Å²) >= 11 is 0. The Hall–Kier alpha value is -3.69. The van der Waals surface area contributed by atoms with E-state index in [1.807, 2.05) is 5.43 Å². The minimum Gasteiger partial charge on any atom is -0.267 e. The molecule has 0 spiro atoms. The van der Waals surface area contributed by atoms with Gasteiger partial charge in [0.1, 0.15) is 5.82 Å². The number of rotatable bonds is 5. The highest BCUT2D eigenvalue weighted by molar-refractivity contribution is 5.96. The van der Waals surface area contributed by atoms with Crippen LogP contribution in [0, 0.1) is 26.0 Å². The van der Waals surface area contributed by atoms with E-state index in [0.29, 0.717) is 0 Å². The zero-order valence-corrected chi connectivity index (χ0v) is 11.9. The molecule has 122 valence electrons. The van der Waals surface area contributed by atoms with E-state index in [1.54, 1.807) is 6.07 Å². The van der Waals surface area contributed by atoms with E-state index in [-0.39, 0.29) is 11.1 Å². The molecular weight excluding hydrogens is 323 g/mol. The highest BCUT2D eigenvalue weighted by Crippen LogP contribution is 2.22. The Bertz CT molecular complexity index is 821. The molecule has 0 unspecified atom stereocenters. The molecule has 0 aliphatic rings. The van der Waals surface area contributed by atoms with Crippen LogP contribution in [0.25, 0.3) is 0 Å². The highest BCUT2D eigenvalue weighted by Gasteiger charge is 2.19. The Labute approximate surface area is 133 Å². The first-order valence-corrected chi connectivity index (χ1v) is 6.40. The van der Waals surface area contributed by atoms with Gasteiger partial charge >= 0.3 is 0 Å². The standard InChI is InChI=1S/C14H9FN4O5/c15-13-4-2-1-3-9(13)8-16-17-14(20)10-5-11(18(21)22)7-12(6-10)19(23)24/h1-8H,(H,17,20)/b16-8-. The van der Waals surface area contributed by atoms with Gasteiger partial charge < -0.3 is 0 Å². The first kappa shape index (κ1) is 16.7. The molecule has 0 aromatic heterocycles. The van der Waals surface area contributed by atoms with Crippen molar-refractivity contribution in [2.75, 3.05) is 0 Å². The van der Waals surface area contributed by atoms with Crippen LogP contribution in [0.15, 0.2) is 47.6 Å². The van der Waals surface area contributed by atoms with Crippen molar-refractivity contribution in [3.05, 3.63) is 79.6 Å². The third-order valence-electron chi connectivity index (χ3n) is 2.86. The second-order valence-corrected chi connectivity index (χ2v) is 4.47. The summed E-state index contributed by atoms with van der Waals surface area (Å²) in [6, 6.07) is 8.15. The molecular formula is C14H9FN4O5. The Morgan fingerprint density at radius 3 is 2.21 bits per heavy atom. The number of amides is 1.